The Morgan fingerprint density at radius 3 is 1.50 bits per heavy atom. The van der Waals surface area contributed by atoms with E-state index in [1.165, 1.54) is 0 Å². The Hall–Kier alpha value is 0.639. The molecule has 0 spiro atoms. The molecule has 0 fully saturated rings. The van der Waals surface area contributed by atoms with E-state index in [2.05, 4.69) is 46.9 Å². The summed E-state index contributed by atoms with van der Waals surface area (Å²) in [5.41, 5.74) is 0. The maximum absolute atomic E-state index is 6.46. The van der Waals surface area contributed by atoms with Gasteiger partial charge in [-0.05, 0) is 0 Å². The van der Waals surface area contributed by atoms with Crippen molar-refractivity contribution in [2.45, 2.75) is 96.4 Å². The Morgan fingerprint density at radius 1 is 0.773 bits per heavy atom. The van der Waals surface area contributed by atoms with Crippen molar-refractivity contribution < 1.29 is 9.22 Å². The van der Waals surface area contributed by atoms with Crippen molar-refractivity contribution in [2.24, 2.45) is 0 Å². The van der Waals surface area contributed by atoms with Crippen molar-refractivity contribution in [2.75, 3.05) is 13.6 Å². The molecule has 0 bridgehead atoms. The summed E-state index contributed by atoms with van der Waals surface area (Å²) in [5, 5.41) is 3.21. The second-order valence-electron chi connectivity index (χ2n) is 6.25. The van der Waals surface area contributed by atoms with Crippen LogP contribution in [-0.4, -0.2) is 51.5 Å². The van der Waals surface area contributed by atoms with Crippen LogP contribution in [0.25, 0.3) is 0 Å². The summed E-state index contributed by atoms with van der Waals surface area (Å²) in [4.78, 5) is 0. The SMILES string of the molecule is CCC(C)[O][Sn]([CH2]CCCNC)([O]C(C)CC)[O]C(C)CC. The van der Waals surface area contributed by atoms with Crippen LogP contribution in [0.15, 0.2) is 0 Å². The van der Waals surface area contributed by atoms with Crippen molar-refractivity contribution >= 4 is 19.6 Å². The van der Waals surface area contributed by atoms with Gasteiger partial charge in [-0.1, -0.05) is 0 Å². The zero-order valence-electron chi connectivity index (χ0n) is 15.9. The van der Waals surface area contributed by atoms with Gasteiger partial charge in [-0.3, -0.25) is 0 Å². The molecule has 22 heavy (non-hydrogen) atoms. The van der Waals surface area contributed by atoms with E-state index < -0.39 is 19.6 Å². The number of hydrogen-bond acceptors (Lipinski definition) is 4. The summed E-state index contributed by atoms with van der Waals surface area (Å²) in [6.07, 6.45) is 5.91. The minimum absolute atomic E-state index is 0.216. The fourth-order valence-corrected chi connectivity index (χ4v) is 12.2. The second-order valence-corrected chi connectivity index (χ2v) is 13.6. The quantitative estimate of drug-likeness (QED) is 0.332. The first-order chi connectivity index (χ1) is 10.4. The molecule has 3 atom stereocenters. The van der Waals surface area contributed by atoms with Gasteiger partial charge in [0.15, 0.2) is 0 Å². The van der Waals surface area contributed by atoms with Crippen LogP contribution in [0.4, 0.5) is 0 Å². The Balaban J connectivity index is 5.00. The fourth-order valence-electron chi connectivity index (χ4n) is 2.07. The van der Waals surface area contributed by atoms with Crippen LogP contribution >= 0.6 is 0 Å². The Bertz CT molecular complexity index is 235. The van der Waals surface area contributed by atoms with Crippen LogP contribution in [0, 0.1) is 0 Å². The van der Waals surface area contributed by atoms with E-state index in [0.717, 1.165) is 43.1 Å². The molecule has 0 radical (unpaired) electrons. The van der Waals surface area contributed by atoms with Gasteiger partial charge in [-0.25, -0.2) is 0 Å². The zero-order chi connectivity index (χ0) is 17.0. The molecule has 0 aliphatic rings. The minimum atomic E-state index is -3.50. The molecule has 0 amide bonds. The fraction of sp³-hybridized carbons (Fsp3) is 1.00. The Kier molecular flexibility index (Phi) is 13.4. The standard InChI is InChI=1S/C5H12N.3C4H9O.Sn/c1-3-4-5-6-2;3*1-3-4(2)5;/h6H,1,3-5H2,2H3;3*4H,3H2,1-2H3;/q;3*-1;+3. The molecule has 0 saturated carbocycles. The first-order valence-electron chi connectivity index (χ1n) is 9.10. The first-order valence-corrected chi connectivity index (χ1v) is 14.6. The molecule has 3 unspecified atom stereocenters. The van der Waals surface area contributed by atoms with Crippen LogP contribution in [0.5, 0.6) is 0 Å². The van der Waals surface area contributed by atoms with E-state index >= 15 is 0 Å². The summed E-state index contributed by atoms with van der Waals surface area (Å²) >= 11 is -3.50. The molecule has 0 aliphatic carbocycles. The van der Waals surface area contributed by atoms with E-state index in [0.29, 0.717) is 0 Å². The number of rotatable bonds is 14. The third kappa shape index (κ3) is 9.71. The van der Waals surface area contributed by atoms with Crippen LogP contribution in [0.1, 0.15) is 73.6 Å². The molecular formula is C17H39NO3Sn. The van der Waals surface area contributed by atoms with E-state index in [9.17, 15) is 0 Å². The molecule has 0 rings (SSSR count). The number of unbranched alkanes of at least 4 members (excludes halogenated alkanes) is 1. The zero-order valence-corrected chi connectivity index (χ0v) is 18.8. The summed E-state index contributed by atoms with van der Waals surface area (Å²) in [6.45, 7) is 13.9. The van der Waals surface area contributed by atoms with Gasteiger partial charge in [0.05, 0.1) is 0 Å². The molecule has 0 aliphatic heterocycles. The summed E-state index contributed by atoms with van der Waals surface area (Å²) in [6, 6.07) is 0. The summed E-state index contributed by atoms with van der Waals surface area (Å²) in [7, 11) is 2.00. The van der Waals surface area contributed by atoms with Gasteiger partial charge in [0.1, 0.15) is 0 Å². The predicted molar refractivity (Wildman–Crippen MR) is 96.2 cm³/mol. The molecule has 4 nitrogen and oxygen atoms in total. The second kappa shape index (κ2) is 13.0. The molecule has 0 heterocycles. The van der Waals surface area contributed by atoms with E-state index in [1.54, 1.807) is 0 Å². The number of nitrogens with one attached hydrogen (secondary N) is 1. The van der Waals surface area contributed by atoms with Crippen molar-refractivity contribution in [1.29, 1.82) is 0 Å². The Labute approximate surface area is 144 Å². The molecule has 0 saturated heterocycles. The van der Waals surface area contributed by atoms with Gasteiger partial charge >= 0.3 is 144 Å². The van der Waals surface area contributed by atoms with Crippen LogP contribution in [0.2, 0.25) is 4.44 Å². The van der Waals surface area contributed by atoms with Gasteiger partial charge in [0.25, 0.3) is 0 Å². The third-order valence-corrected chi connectivity index (χ3v) is 13.3. The van der Waals surface area contributed by atoms with Crippen molar-refractivity contribution in [3.8, 4) is 0 Å². The van der Waals surface area contributed by atoms with Crippen molar-refractivity contribution in [3.05, 3.63) is 0 Å². The molecule has 5 heteroatoms. The molecule has 134 valence electrons. The maximum atomic E-state index is 6.46. The van der Waals surface area contributed by atoms with Crippen LogP contribution in [0.3, 0.4) is 0 Å². The monoisotopic (exact) mass is 425 g/mol. The van der Waals surface area contributed by atoms with E-state index in [1.807, 2.05) is 7.05 Å². The number of hydrogen-bond donors (Lipinski definition) is 1. The van der Waals surface area contributed by atoms with Gasteiger partial charge in [0.2, 0.25) is 0 Å². The van der Waals surface area contributed by atoms with E-state index in [-0.39, 0.29) is 18.3 Å². The third-order valence-electron chi connectivity index (χ3n) is 4.03. The van der Waals surface area contributed by atoms with Crippen molar-refractivity contribution in [3.63, 3.8) is 0 Å². The molecule has 0 aromatic rings. The normalized spacial score (nSPS) is 18.7. The average Bonchev–Trinajstić information content (AvgIpc) is 2.51. The van der Waals surface area contributed by atoms with Crippen LogP contribution < -0.4 is 5.32 Å². The molecule has 1 N–H and O–H groups in total. The van der Waals surface area contributed by atoms with Crippen molar-refractivity contribution in [1.82, 2.24) is 5.32 Å². The summed E-state index contributed by atoms with van der Waals surface area (Å²) < 4.78 is 20.4. The Morgan fingerprint density at radius 2 is 1.18 bits per heavy atom. The summed E-state index contributed by atoms with van der Waals surface area (Å²) in [5.74, 6) is 0. The van der Waals surface area contributed by atoms with Gasteiger partial charge in [0, 0.05) is 0 Å². The van der Waals surface area contributed by atoms with E-state index in [4.69, 9.17) is 9.22 Å². The molecule has 0 aromatic carbocycles. The predicted octanol–water partition coefficient (Wildman–Crippen LogP) is 4.37. The van der Waals surface area contributed by atoms with Crippen LogP contribution in [-0.2, 0) is 9.22 Å². The molecular weight excluding hydrogens is 385 g/mol. The molecule has 0 aromatic heterocycles. The van der Waals surface area contributed by atoms with Gasteiger partial charge in [-0.15, -0.1) is 0 Å². The first kappa shape index (κ1) is 22.6. The topological polar surface area (TPSA) is 39.7 Å². The van der Waals surface area contributed by atoms with Gasteiger partial charge in [-0.2, -0.15) is 0 Å². The average molecular weight is 424 g/mol. The van der Waals surface area contributed by atoms with Gasteiger partial charge < -0.3 is 0 Å².